The fourth-order valence-electron chi connectivity index (χ4n) is 4.95. The van der Waals surface area contributed by atoms with Crippen LogP contribution in [0.5, 0.6) is 0 Å². The van der Waals surface area contributed by atoms with Crippen LogP contribution in [0.15, 0.2) is 121 Å². The fourth-order valence-corrected chi connectivity index (χ4v) is 6.05. The normalized spacial score (nSPS) is 14.2. The summed E-state index contributed by atoms with van der Waals surface area (Å²) < 4.78 is 24.4. The smallest absolute Gasteiger partial charge is 0.461 e. The predicted molar refractivity (Wildman–Crippen MR) is 159 cm³/mol. The van der Waals surface area contributed by atoms with Crippen LogP contribution in [0.25, 0.3) is 0 Å². The average molecular weight is 586 g/mol. The van der Waals surface area contributed by atoms with E-state index in [1.165, 1.54) is 0 Å². The number of carbonyl (C=O) groups is 2. The van der Waals surface area contributed by atoms with Crippen molar-refractivity contribution in [1.82, 2.24) is 0 Å². The number of esters is 2. The van der Waals surface area contributed by atoms with Gasteiger partial charge in [-0.2, -0.15) is 4.89 Å². The molecule has 0 aliphatic rings. The molecule has 8 heteroatoms. The summed E-state index contributed by atoms with van der Waals surface area (Å²) in [6.07, 6.45) is -1.78. The summed E-state index contributed by atoms with van der Waals surface area (Å²) in [7, 11) is -3.08. The Kier molecular flexibility index (Phi) is 11.1. The highest BCUT2D eigenvalue weighted by Gasteiger charge is 2.59. The summed E-state index contributed by atoms with van der Waals surface area (Å²) in [6, 6.07) is 35.5. The SMILES string of the molecule is O=C(CCC(CC(c1ccccc1)(C(O)c1ccccc1)[P+](=O)O)C(=O)OCc1ccccc1)OCc1ccccc1. The van der Waals surface area contributed by atoms with Gasteiger partial charge in [0, 0.05) is 18.4 Å². The monoisotopic (exact) mass is 585 g/mol. The maximum atomic E-state index is 13.6. The van der Waals surface area contributed by atoms with Crippen LogP contribution in [0, 0.1) is 5.92 Å². The van der Waals surface area contributed by atoms with Gasteiger partial charge in [-0.05, 0) is 27.7 Å². The first kappa shape index (κ1) is 30.8. The molecule has 42 heavy (non-hydrogen) atoms. The van der Waals surface area contributed by atoms with Crippen molar-refractivity contribution in [3.05, 3.63) is 144 Å². The molecule has 0 aliphatic heterocycles. The first-order valence-electron chi connectivity index (χ1n) is 13.7. The molecule has 4 rings (SSSR count). The van der Waals surface area contributed by atoms with Gasteiger partial charge in [-0.3, -0.25) is 9.59 Å². The molecule has 0 heterocycles. The number of ether oxygens (including phenoxy) is 2. The first-order chi connectivity index (χ1) is 20.4. The highest BCUT2D eigenvalue weighted by Crippen LogP contribution is 2.57. The molecule has 0 saturated carbocycles. The van der Waals surface area contributed by atoms with E-state index < -0.39 is 37.1 Å². The molecule has 7 nitrogen and oxygen atoms in total. The number of rotatable bonds is 14. The lowest BCUT2D eigenvalue weighted by molar-refractivity contribution is -0.152. The number of aliphatic hydroxyl groups is 1. The topological polar surface area (TPSA) is 110 Å². The number of aliphatic hydroxyl groups excluding tert-OH is 1. The molecule has 0 aromatic heterocycles. The van der Waals surface area contributed by atoms with E-state index in [0.717, 1.165) is 11.1 Å². The van der Waals surface area contributed by atoms with Crippen LogP contribution < -0.4 is 0 Å². The summed E-state index contributed by atoms with van der Waals surface area (Å²) in [4.78, 5) is 37.2. The van der Waals surface area contributed by atoms with Crippen LogP contribution in [-0.2, 0) is 42.0 Å². The van der Waals surface area contributed by atoms with Gasteiger partial charge in [-0.25, -0.2) is 0 Å². The van der Waals surface area contributed by atoms with Crippen molar-refractivity contribution in [3.63, 3.8) is 0 Å². The minimum absolute atomic E-state index is 0.000509. The van der Waals surface area contributed by atoms with Gasteiger partial charge >= 0.3 is 20.0 Å². The molecular weight excluding hydrogens is 551 g/mol. The predicted octanol–water partition coefficient (Wildman–Crippen LogP) is 6.62. The van der Waals surface area contributed by atoms with Crippen molar-refractivity contribution in [2.45, 2.75) is 43.7 Å². The largest absolute Gasteiger partial charge is 0.519 e. The molecule has 0 amide bonds. The molecule has 216 valence electrons. The summed E-state index contributed by atoms with van der Waals surface area (Å²) >= 11 is 0. The minimum Gasteiger partial charge on any atom is -0.461 e. The molecule has 0 aliphatic carbocycles. The molecule has 0 bridgehead atoms. The summed E-state index contributed by atoms with van der Waals surface area (Å²) in [5, 5.41) is 9.93. The fraction of sp³-hybridized carbons (Fsp3) is 0.235. The molecule has 2 N–H and O–H groups in total. The van der Waals surface area contributed by atoms with Gasteiger partial charge in [0.1, 0.15) is 19.3 Å². The Morgan fingerprint density at radius 2 is 1.19 bits per heavy atom. The Morgan fingerprint density at radius 1 is 0.714 bits per heavy atom. The van der Waals surface area contributed by atoms with E-state index in [4.69, 9.17) is 9.47 Å². The summed E-state index contributed by atoms with van der Waals surface area (Å²) in [5.41, 5.74) is 2.43. The van der Waals surface area contributed by atoms with Crippen molar-refractivity contribution in [2.75, 3.05) is 0 Å². The second-order valence-electron chi connectivity index (χ2n) is 10.1. The number of hydrogen-bond acceptors (Lipinski definition) is 6. The Morgan fingerprint density at radius 3 is 1.71 bits per heavy atom. The minimum atomic E-state index is -3.08. The zero-order valence-electron chi connectivity index (χ0n) is 23.1. The first-order valence-corrected chi connectivity index (χ1v) is 15.0. The van der Waals surface area contributed by atoms with Crippen molar-refractivity contribution in [2.24, 2.45) is 5.92 Å². The molecule has 0 fully saturated rings. The third kappa shape index (κ3) is 7.98. The highest BCUT2D eigenvalue weighted by molar-refractivity contribution is 7.39. The molecule has 4 atom stereocenters. The zero-order chi connectivity index (χ0) is 29.8. The second-order valence-corrected chi connectivity index (χ2v) is 11.4. The lowest BCUT2D eigenvalue weighted by Crippen LogP contribution is -2.36. The van der Waals surface area contributed by atoms with Crippen LogP contribution in [0.2, 0.25) is 0 Å². The Hall–Kier alpha value is -4.16. The van der Waals surface area contributed by atoms with Crippen molar-refractivity contribution in [1.29, 1.82) is 0 Å². The van der Waals surface area contributed by atoms with E-state index in [-0.39, 0.29) is 32.5 Å². The van der Waals surface area contributed by atoms with Crippen LogP contribution in [-0.4, -0.2) is 21.9 Å². The van der Waals surface area contributed by atoms with Crippen molar-refractivity contribution >= 4 is 20.0 Å². The maximum Gasteiger partial charge on any atom is 0.519 e. The zero-order valence-corrected chi connectivity index (χ0v) is 24.0. The van der Waals surface area contributed by atoms with E-state index >= 15 is 0 Å². The highest BCUT2D eigenvalue weighted by atomic mass is 31.1. The van der Waals surface area contributed by atoms with Crippen molar-refractivity contribution in [3.8, 4) is 0 Å². The standard InChI is InChI=1S/C34H33O7P/c35-31(40-24-26-13-5-1-6-14-26)22-21-29(33(37)41-25-27-15-7-2-8-16-27)23-34(42(38)39,30-19-11-4-12-20-30)32(36)28-17-9-3-10-18-28/h1-20,29,32,36H,21-25H2/p+1. The van der Waals surface area contributed by atoms with Gasteiger partial charge in [0.25, 0.3) is 5.16 Å². The number of benzene rings is 4. The van der Waals surface area contributed by atoms with E-state index in [0.29, 0.717) is 11.1 Å². The molecule has 4 aromatic carbocycles. The van der Waals surface area contributed by atoms with Crippen LogP contribution in [0.4, 0.5) is 0 Å². The maximum absolute atomic E-state index is 13.6. The average Bonchev–Trinajstić information content (AvgIpc) is 3.04. The van der Waals surface area contributed by atoms with E-state index in [9.17, 15) is 24.2 Å². The molecular formula is C34H34O7P+. The molecule has 4 aromatic rings. The van der Waals surface area contributed by atoms with Gasteiger partial charge in [0.05, 0.1) is 5.92 Å². The molecule has 0 radical (unpaired) electrons. The van der Waals surface area contributed by atoms with Gasteiger partial charge in [-0.15, -0.1) is 0 Å². The third-order valence-electron chi connectivity index (χ3n) is 7.24. The van der Waals surface area contributed by atoms with Gasteiger partial charge in [0.2, 0.25) is 0 Å². The molecule has 4 unspecified atom stereocenters. The number of hydrogen-bond donors (Lipinski definition) is 2. The van der Waals surface area contributed by atoms with Crippen LogP contribution in [0.3, 0.4) is 0 Å². The van der Waals surface area contributed by atoms with Crippen molar-refractivity contribution < 1.29 is 33.6 Å². The van der Waals surface area contributed by atoms with E-state index in [1.54, 1.807) is 60.7 Å². The van der Waals surface area contributed by atoms with Crippen LogP contribution in [0.1, 0.15) is 47.6 Å². The van der Waals surface area contributed by atoms with Crippen LogP contribution >= 0.6 is 8.03 Å². The Labute approximate surface area is 246 Å². The quantitative estimate of drug-likeness (QED) is 0.126. The van der Waals surface area contributed by atoms with E-state index in [1.807, 2.05) is 60.7 Å². The molecule has 0 spiro atoms. The summed E-state index contributed by atoms with van der Waals surface area (Å²) in [5.74, 6) is -2.14. The van der Waals surface area contributed by atoms with Gasteiger partial charge in [-0.1, -0.05) is 121 Å². The molecule has 0 saturated heterocycles. The van der Waals surface area contributed by atoms with Gasteiger partial charge in [0.15, 0.2) is 0 Å². The number of carbonyl (C=O) groups excluding carboxylic acids is 2. The van der Waals surface area contributed by atoms with E-state index in [2.05, 4.69) is 0 Å². The van der Waals surface area contributed by atoms with Gasteiger partial charge < -0.3 is 14.6 Å². The Balaban J connectivity index is 1.62. The third-order valence-corrected chi connectivity index (χ3v) is 8.61. The Bertz CT molecular complexity index is 1430. The lowest BCUT2D eigenvalue weighted by Gasteiger charge is -2.30. The lowest BCUT2D eigenvalue weighted by atomic mass is 9.80. The summed E-state index contributed by atoms with van der Waals surface area (Å²) in [6.45, 7) is 0.0887. The second kappa shape index (κ2) is 15.2.